The summed E-state index contributed by atoms with van der Waals surface area (Å²) in [5.41, 5.74) is 1.32. The van der Waals surface area contributed by atoms with Gasteiger partial charge in [0, 0.05) is 31.6 Å². The van der Waals surface area contributed by atoms with Crippen LogP contribution in [0.3, 0.4) is 0 Å². The van der Waals surface area contributed by atoms with Crippen molar-refractivity contribution in [2.75, 3.05) is 20.1 Å². The maximum atomic E-state index is 13.5. The van der Waals surface area contributed by atoms with E-state index >= 15 is 0 Å². The highest BCUT2D eigenvalue weighted by atomic mass is 16.2. The predicted molar refractivity (Wildman–Crippen MR) is 110 cm³/mol. The Kier molecular flexibility index (Phi) is 5.60. The molecule has 1 aromatic carbocycles. The highest BCUT2D eigenvalue weighted by Crippen LogP contribution is 2.33. The lowest BCUT2D eigenvalue weighted by Crippen LogP contribution is -2.47. The van der Waals surface area contributed by atoms with Crippen LogP contribution < -0.4 is 0 Å². The number of para-hydroxylation sites is 1. The number of hydrogen-bond donors (Lipinski definition) is 0. The van der Waals surface area contributed by atoms with E-state index in [2.05, 4.69) is 4.98 Å². The second-order valence-corrected chi connectivity index (χ2v) is 8.17. The van der Waals surface area contributed by atoms with Crippen LogP contribution in [0.4, 0.5) is 0 Å². The summed E-state index contributed by atoms with van der Waals surface area (Å²) in [7, 11) is 1.91. The first-order valence-corrected chi connectivity index (χ1v) is 10.6. The molecule has 0 radical (unpaired) electrons. The molecule has 2 atom stereocenters. The lowest BCUT2D eigenvalue weighted by molar-refractivity contribution is -0.135. The maximum Gasteiger partial charge on any atom is 0.272 e. The average Bonchev–Trinajstić information content (AvgIpc) is 3.20. The van der Waals surface area contributed by atoms with Gasteiger partial charge in [0.15, 0.2) is 0 Å². The van der Waals surface area contributed by atoms with Crippen LogP contribution in [0, 0.1) is 5.92 Å². The Morgan fingerprint density at radius 2 is 1.75 bits per heavy atom. The Morgan fingerprint density at radius 3 is 2.61 bits per heavy atom. The highest BCUT2D eigenvalue weighted by Gasteiger charge is 2.40. The number of amides is 2. The molecule has 1 saturated heterocycles. The molecule has 5 nitrogen and oxygen atoms in total. The molecule has 1 aromatic heterocycles. The van der Waals surface area contributed by atoms with Crippen LogP contribution in [-0.2, 0) is 4.79 Å². The number of benzene rings is 1. The van der Waals surface area contributed by atoms with Crippen molar-refractivity contribution in [2.24, 2.45) is 5.92 Å². The molecule has 2 fully saturated rings. The zero-order valence-corrected chi connectivity index (χ0v) is 16.6. The standard InChI is InChI=1S/C23H29N3O2/c1-25-15-6-2-3-7-16-26(21-12-8-10-18(21)22(25)27)23(28)20-14-13-17-9-4-5-11-19(17)24-20/h4-5,9,11,13-14,18,21H,2-3,6-8,10,12,15-16H2,1H3/t18-,21+/m1/s1. The van der Waals surface area contributed by atoms with Crippen LogP contribution in [0.15, 0.2) is 36.4 Å². The lowest BCUT2D eigenvalue weighted by atomic mass is 9.99. The highest BCUT2D eigenvalue weighted by molar-refractivity contribution is 5.95. The Balaban J connectivity index is 1.65. The number of aromatic nitrogens is 1. The van der Waals surface area contributed by atoms with Gasteiger partial charge < -0.3 is 9.80 Å². The molecule has 0 N–H and O–H groups in total. The predicted octanol–water partition coefficient (Wildman–Crippen LogP) is 3.88. The molecule has 5 heteroatoms. The molecule has 1 saturated carbocycles. The quantitative estimate of drug-likeness (QED) is 0.756. The third-order valence-electron chi connectivity index (χ3n) is 6.29. The van der Waals surface area contributed by atoms with Gasteiger partial charge in [-0.1, -0.05) is 43.5 Å². The number of pyridine rings is 1. The van der Waals surface area contributed by atoms with Crippen molar-refractivity contribution < 1.29 is 9.59 Å². The SMILES string of the molecule is CN1CCCCCCN(C(=O)c2ccc3ccccc3n2)[C@H]2CCC[C@H]2C1=O. The molecular formula is C23H29N3O2. The number of carbonyl (C=O) groups is 2. The summed E-state index contributed by atoms with van der Waals surface area (Å²) in [5.74, 6) is 0.0959. The fraction of sp³-hybridized carbons (Fsp3) is 0.522. The van der Waals surface area contributed by atoms with Crippen LogP contribution in [0.2, 0.25) is 0 Å². The minimum absolute atomic E-state index is 0.00572. The van der Waals surface area contributed by atoms with Crippen molar-refractivity contribution >= 4 is 22.7 Å². The molecular weight excluding hydrogens is 350 g/mol. The smallest absolute Gasteiger partial charge is 0.272 e. The van der Waals surface area contributed by atoms with Crippen LogP contribution in [-0.4, -0.2) is 52.8 Å². The molecule has 2 aliphatic rings. The largest absolute Gasteiger partial charge is 0.345 e. The van der Waals surface area contributed by atoms with Crippen molar-refractivity contribution in [1.82, 2.24) is 14.8 Å². The second kappa shape index (κ2) is 8.29. The third-order valence-corrected chi connectivity index (χ3v) is 6.29. The summed E-state index contributed by atoms with van der Waals surface area (Å²) >= 11 is 0. The molecule has 28 heavy (non-hydrogen) atoms. The van der Waals surface area contributed by atoms with Gasteiger partial charge in [0.05, 0.1) is 11.4 Å². The number of carbonyl (C=O) groups excluding carboxylic acids is 2. The Bertz CT molecular complexity index is 866. The zero-order valence-electron chi connectivity index (χ0n) is 16.6. The second-order valence-electron chi connectivity index (χ2n) is 8.17. The molecule has 2 amide bonds. The third kappa shape index (κ3) is 3.75. The molecule has 1 aliphatic carbocycles. The number of rotatable bonds is 1. The van der Waals surface area contributed by atoms with Crippen LogP contribution >= 0.6 is 0 Å². The minimum Gasteiger partial charge on any atom is -0.345 e. The van der Waals surface area contributed by atoms with Crippen LogP contribution in [0.5, 0.6) is 0 Å². The average molecular weight is 380 g/mol. The molecule has 0 bridgehead atoms. The van der Waals surface area contributed by atoms with Gasteiger partial charge in [0.25, 0.3) is 5.91 Å². The van der Waals surface area contributed by atoms with E-state index in [0.29, 0.717) is 12.2 Å². The van der Waals surface area contributed by atoms with Crippen LogP contribution in [0.25, 0.3) is 10.9 Å². The maximum absolute atomic E-state index is 13.5. The summed E-state index contributed by atoms with van der Waals surface area (Å²) < 4.78 is 0. The molecule has 2 heterocycles. The van der Waals surface area contributed by atoms with Gasteiger partial charge >= 0.3 is 0 Å². The normalized spacial score (nSPS) is 24.1. The number of nitrogens with zero attached hydrogens (tertiary/aromatic N) is 3. The van der Waals surface area contributed by atoms with Gasteiger partial charge in [-0.15, -0.1) is 0 Å². The first kappa shape index (κ1) is 18.9. The van der Waals surface area contributed by atoms with E-state index < -0.39 is 0 Å². The fourth-order valence-corrected chi connectivity index (χ4v) is 4.73. The fourth-order valence-electron chi connectivity index (χ4n) is 4.73. The minimum atomic E-state index is -0.0764. The summed E-state index contributed by atoms with van der Waals surface area (Å²) in [5, 5.41) is 1.03. The summed E-state index contributed by atoms with van der Waals surface area (Å²) in [6.07, 6.45) is 7.01. The molecule has 1 aliphatic heterocycles. The number of fused-ring (bicyclic) bond motifs is 2. The van der Waals surface area contributed by atoms with Gasteiger partial charge in [0.1, 0.15) is 5.69 Å². The Labute approximate surface area is 166 Å². The van der Waals surface area contributed by atoms with Crippen molar-refractivity contribution in [3.05, 3.63) is 42.1 Å². The molecule has 4 rings (SSSR count). The topological polar surface area (TPSA) is 53.5 Å². The Morgan fingerprint density at radius 1 is 0.964 bits per heavy atom. The van der Waals surface area contributed by atoms with Gasteiger partial charge in [-0.05, 0) is 37.8 Å². The van der Waals surface area contributed by atoms with Crippen LogP contribution in [0.1, 0.15) is 55.4 Å². The zero-order chi connectivity index (χ0) is 19.5. The Hall–Kier alpha value is -2.43. The summed E-state index contributed by atoms with van der Waals surface area (Å²) in [6.45, 7) is 1.54. The van der Waals surface area contributed by atoms with Crippen molar-refractivity contribution in [3.63, 3.8) is 0 Å². The summed E-state index contributed by atoms with van der Waals surface area (Å²) in [4.78, 5) is 34.9. The monoisotopic (exact) mass is 379 g/mol. The first-order valence-electron chi connectivity index (χ1n) is 10.6. The van der Waals surface area contributed by atoms with Crippen molar-refractivity contribution in [3.8, 4) is 0 Å². The van der Waals surface area contributed by atoms with Crippen molar-refractivity contribution in [2.45, 2.75) is 51.0 Å². The molecule has 0 unspecified atom stereocenters. The molecule has 2 aromatic rings. The summed E-state index contributed by atoms with van der Waals surface area (Å²) in [6, 6.07) is 11.7. The molecule has 148 valence electrons. The van der Waals surface area contributed by atoms with E-state index in [-0.39, 0.29) is 23.8 Å². The van der Waals surface area contributed by atoms with E-state index in [1.165, 1.54) is 0 Å². The van der Waals surface area contributed by atoms with Gasteiger partial charge in [-0.3, -0.25) is 9.59 Å². The lowest BCUT2D eigenvalue weighted by Gasteiger charge is -2.33. The van der Waals surface area contributed by atoms with E-state index in [0.717, 1.165) is 62.4 Å². The number of hydrogen-bond acceptors (Lipinski definition) is 3. The first-order chi connectivity index (χ1) is 13.6. The van der Waals surface area contributed by atoms with E-state index in [1.54, 1.807) is 0 Å². The van der Waals surface area contributed by atoms with Gasteiger partial charge in [0.2, 0.25) is 5.91 Å². The van der Waals surface area contributed by atoms with Crippen molar-refractivity contribution in [1.29, 1.82) is 0 Å². The van der Waals surface area contributed by atoms with Gasteiger partial charge in [-0.2, -0.15) is 0 Å². The van der Waals surface area contributed by atoms with E-state index in [1.807, 2.05) is 53.2 Å². The van der Waals surface area contributed by atoms with E-state index in [4.69, 9.17) is 0 Å². The molecule has 0 spiro atoms. The van der Waals surface area contributed by atoms with E-state index in [9.17, 15) is 9.59 Å². The van der Waals surface area contributed by atoms with Gasteiger partial charge in [-0.25, -0.2) is 4.98 Å².